The van der Waals surface area contributed by atoms with Gasteiger partial charge in [-0.25, -0.2) is 4.98 Å². The number of nitrogens with one attached hydrogen (secondary N) is 1. The number of ether oxygens (including phenoxy) is 1. The van der Waals surface area contributed by atoms with Crippen molar-refractivity contribution in [1.29, 1.82) is 0 Å². The van der Waals surface area contributed by atoms with Crippen LogP contribution < -0.4 is 10.1 Å². The third kappa shape index (κ3) is 4.14. The van der Waals surface area contributed by atoms with Gasteiger partial charge in [0.25, 0.3) is 5.91 Å². The maximum absolute atomic E-state index is 12.4. The van der Waals surface area contributed by atoms with Crippen LogP contribution >= 0.6 is 0 Å². The highest BCUT2D eigenvalue weighted by atomic mass is 16.5. The van der Waals surface area contributed by atoms with E-state index in [4.69, 9.17) is 9.72 Å². The Labute approximate surface area is 170 Å². The molecule has 0 spiro atoms. The summed E-state index contributed by atoms with van der Waals surface area (Å²) in [5.74, 6) is 1.58. The molecule has 0 saturated heterocycles. The zero-order valence-electron chi connectivity index (χ0n) is 16.6. The summed E-state index contributed by atoms with van der Waals surface area (Å²) in [7, 11) is 3.64. The van der Waals surface area contributed by atoms with Crippen LogP contribution in [0.2, 0.25) is 0 Å². The minimum absolute atomic E-state index is 0.156. The highest BCUT2D eigenvalue weighted by Gasteiger charge is 2.09. The standard InChI is InChI=1S/C24H23N3O2/c1-27-22-9-4-3-8-21(22)26-23(27)15-12-17-10-13-19(14-11-17)25-24(28)18-6-5-7-20(16-18)29-2/h3-11,13-14,16H,12,15H2,1-2H3,(H,25,28). The Bertz CT molecular complexity index is 1150. The van der Waals surface area contributed by atoms with Gasteiger partial charge < -0.3 is 14.6 Å². The van der Waals surface area contributed by atoms with Crippen LogP contribution in [-0.4, -0.2) is 22.6 Å². The lowest BCUT2D eigenvalue weighted by Gasteiger charge is -2.08. The largest absolute Gasteiger partial charge is 0.497 e. The molecule has 29 heavy (non-hydrogen) atoms. The SMILES string of the molecule is COc1cccc(C(=O)Nc2ccc(CCc3nc4ccccc4n3C)cc2)c1. The van der Waals surface area contributed by atoms with E-state index in [1.165, 1.54) is 5.56 Å². The third-order valence-corrected chi connectivity index (χ3v) is 5.06. The Morgan fingerprint density at radius 1 is 1.00 bits per heavy atom. The molecular weight excluding hydrogens is 362 g/mol. The number of aryl methyl sites for hydroxylation is 3. The van der Waals surface area contributed by atoms with Crippen molar-refractivity contribution in [1.82, 2.24) is 9.55 Å². The monoisotopic (exact) mass is 385 g/mol. The summed E-state index contributed by atoms with van der Waals surface area (Å²) in [5.41, 5.74) is 4.72. The lowest BCUT2D eigenvalue weighted by Crippen LogP contribution is -2.11. The molecule has 1 aromatic heterocycles. The van der Waals surface area contributed by atoms with Crippen molar-refractivity contribution in [2.24, 2.45) is 7.05 Å². The molecule has 1 amide bonds. The number of amides is 1. The first-order valence-corrected chi connectivity index (χ1v) is 9.59. The highest BCUT2D eigenvalue weighted by Crippen LogP contribution is 2.18. The molecule has 1 heterocycles. The Hall–Kier alpha value is -3.60. The van der Waals surface area contributed by atoms with Gasteiger partial charge in [-0.3, -0.25) is 4.79 Å². The smallest absolute Gasteiger partial charge is 0.255 e. The predicted molar refractivity (Wildman–Crippen MR) is 116 cm³/mol. The third-order valence-electron chi connectivity index (χ3n) is 5.06. The van der Waals surface area contributed by atoms with Gasteiger partial charge in [-0.1, -0.05) is 30.3 Å². The maximum Gasteiger partial charge on any atom is 0.255 e. The first-order chi connectivity index (χ1) is 14.1. The quantitative estimate of drug-likeness (QED) is 0.527. The van der Waals surface area contributed by atoms with Crippen LogP contribution in [0.15, 0.2) is 72.8 Å². The topological polar surface area (TPSA) is 56.1 Å². The van der Waals surface area contributed by atoms with E-state index in [2.05, 4.69) is 23.0 Å². The van der Waals surface area contributed by atoms with Crippen molar-refractivity contribution in [2.75, 3.05) is 12.4 Å². The van der Waals surface area contributed by atoms with E-state index in [0.29, 0.717) is 11.3 Å². The molecule has 4 aromatic rings. The summed E-state index contributed by atoms with van der Waals surface area (Å²) in [6, 6.07) is 23.2. The second-order valence-corrected chi connectivity index (χ2v) is 6.96. The molecule has 0 unspecified atom stereocenters. The number of fused-ring (bicyclic) bond motifs is 1. The normalized spacial score (nSPS) is 10.8. The number of benzene rings is 3. The van der Waals surface area contributed by atoms with Gasteiger partial charge in [-0.05, 0) is 54.4 Å². The number of nitrogens with zero attached hydrogens (tertiary/aromatic N) is 2. The van der Waals surface area contributed by atoms with E-state index in [-0.39, 0.29) is 5.91 Å². The van der Waals surface area contributed by atoms with E-state index >= 15 is 0 Å². The van der Waals surface area contributed by atoms with E-state index in [0.717, 1.165) is 35.4 Å². The van der Waals surface area contributed by atoms with Gasteiger partial charge in [0.1, 0.15) is 11.6 Å². The zero-order chi connectivity index (χ0) is 20.2. The highest BCUT2D eigenvalue weighted by molar-refractivity contribution is 6.04. The van der Waals surface area contributed by atoms with Crippen LogP contribution in [0.3, 0.4) is 0 Å². The van der Waals surface area contributed by atoms with Crippen LogP contribution in [0.25, 0.3) is 11.0 Å². The Morgan fingerprint density at radius 2 is 1.79 bits per heavy atom. The lowest BCUT2D eigenvalue weighted by atomic mass is 10.1. The first kappa shape index (κ1) is 18.7. The number of imidazole rings is 1. The average Bonchev–Trinajstić information content (AvgIpc) is 3.09. The van der Waals surface area contributed by atoms with Crippen molar-refractivity contribution in [3.8, 4) is 5.75 Å². The van der Waals surface area contributed by atoms with Crippen LogP contribution in [0.5, 0.6) is 5.75 Å². The Balaban J connectivity index is 1.39. The number of rotatable bonds is 6. The summed E-state index contributed by atoms with van der Waals surface area (Å²) < 4.78 is 7.33. The summed E-state index contributed by atoms with van der Waals surface area (Å²) in [6.45, 7) is 0. The van der Waals surface area contributed by atoms with Gasteiger partial charge >= 0.3 is 0 Å². The number of anilines is 1. The molecule has 5 nitrogen and oxygen atoms in total. The second-order valence-electron chi connectivity index (χ2n) is 6.96. The number of carbonyl (C=O) groups excluding carboxylic acids is 1. The minimum atomic E-state index is -0.156. The molecule has 4 rings (SSSR count). The van der Waals surface area contributed by atoms with Crippen molar-refractivity contribution in [2.45, 2.75) is 12.8 Å². The molecule has 0 aliphatic heterocycles. The van der Waals surface area contributed by atoms with Gasteiger partial charge in [0.05, 0.1) is 18.1 Å². The number of para-hydroxylation sites is 2. The number of methoxy groups -OCH3 is 1. The summed E-state index contributed by atoms with van der Waals surface area (Å²) in [6.07, 6.45) is 1.75. The average molecular weight is 385 g/mol. The molecule has 0 atom stereocenters. The van der Waals surface area contributed by atoms with Crippen molar-refractivity contribution < 1.29 is 9.53 Å². The van der Waals surface area contributed by atoms with Crippen LogP contribution in [-0.2, 0) is 19.9 Å². The fraction of sp³-hybridized carbons (Fsp3) is 0.167. The molecule has 0 saturated carbocycles. The van der Waals surface area contributed by atoms with Gasteiger partial charge in [0, 0.05) is 24.7 Å². The minimum Gasteiger partial charge on any atom is -0.497 e. The molecule has 0 aliphatic rings. The van der Waals surface area contributed by atoms with Crippen LogP contribution in [0.1, 0.15) is 21.7 Å². The molecule has 3 aromatic carbocycles. The molecular formula is C24H23N3O2. The number of hydrogen-bond donors (Lipinski definition) is 1. The van der Waals surface area contributed by atoms with Gasteiger partial charge in [0.15, 0.2) is 0 Å². The maximum atomic E-state index is 12.4. The van der Waals surface area contributed by atoms with E-state index in [1.54, 1.807) is 25.3 Å². The van der Waals surface area contributed by atoms with Crippen molar-refractivity contribution in [3.05, 3.63) is 89.7 Å². The van der Waals surface area contributed by atoms with Crippen molar-refractivity contribution >= 4 is 22.6 Å². The summed E-state index contributed by atoms with van der Waals surface area (Å²) in [5, 5.41) is 2.93. The van der Waals surface area contributed by atoms with E-state index in [9.17, 15) is 4.79 Å². The Morgan fingerprint density at radius 3 is 2.55 bits per heavy atom. The van der Waals surface area contributed by atoms with Gasteiger partial charge in [-0.2, -0.15) is 0 Å². The predicted octanol–water partition coefficient (Wildman–Crippen LogP) is 4.62. The van der Waals surface area contributed by atoms with Crippen LogP contribution in [0.4, 0.5) is 5.69 Å². The van der Waals surface area contributed by atoms with E-state index < -0.39 is 0 Å². The molecule has 1 N–H and O–H groups in total. The lowest BCUT2D eigenvalue weighted by molar-refractivity contribution is 0.102. The van der Waals surface area contributed by atoms with Gasteiger partial charge in [-0.15, -0.1) is 0 Å². The number of hydrogen-bond acceptors (Lipinski definition) is 3. The number of carbonyl (C=O) groups is 1. The fourth-order valence-electron chi connectivity index (χ4n) is 3.40. The molecule has 0 fully saturated rings. The summed E-state index contributed by atoms with van der Waals surface area (Å²) in [4.78, 5) is 17.2. The van der Waals surface area contributed by atoms with Gasteiger partial charge in [0.2, 0.25) is 0 Å². The van der Waals surface area contributed by atoms with Crippen LogP contribution in [0, 0.1) is 0 Å². The molecule has 0 bridgehead atoms. The second kappa shape index (κ2) is 8.19. The Kier molecular flexibility index (Phi) is 5.29. The van der Waals surface area contributed by atoms with Crippen molar-refractivity contribution in [3.63, 3.8) is 0 Å². The number of aromatic nitrogens is 2. The molecule has 146 valence electrons. The molecule has 0 aliphatic carbocycles. The fourth-order valence-corrected chi connectivity index (χ4v) is 3.40. The molecule has 5 heteroatoms. The first-order valence-electron chi connectivity index (χ1n) is 9.59. The molecule has 0 radical (unpaired) electrons. The zero-order valence-corrected chi connectivity index (χ0v) is 16.6. The summed E-state index contributed by atoms with van der Waals surface area (Å²) >= 11 is 0. The van der Waals surface area contributed by atoms with E-state index in [1.807, 2.05) is 48.5 Å².